The highest BCUT2D eigenvalue weighted by Gasteiger charge is 2.57. The van der Waals surface area contributed by atoms with Gasteiger partial charge in [-0.15, -0.1) is 0 Å². The first-order chi connectivity index (χ1) is 15.5. The number of amides is 2. The van der Waals surface area contributed by atoms with Crippen molar-refractivity contribution in [1.29, 1.82) is 0 Å². The topological polar surface area (TPSA) is 81.5 Å². The normalized spacial score (nSPS) is 19.8. The molecule has 3 aromatic rings. The zero-order valence-electron chi connectivity index (χ0n) is 17.6. The molecule has 6 rings (SSSR count). The number of benzene rings is 2. The van der Waals surface area contributed by atoms with Crippen LogP contribution < -0.4 is 19.1 Å². The van der Waals surface area contributed by atoms with Crippen molar-refractivity contribution >= 4 is 17.5 Å². The molecule has 0 radical (unpaired) electrons. The molecular formula is C24H20N2O6. The van der Waals surface area contributed by atoms with Crippen molar-refractivity contribution in [1.82, 2.24) is 4.90 Å². The lowest BCUT2D eigenvalue weighted by Gasteiger charge is -2.22. The molecule has 0 N–H and O–H groups in total. The Morgan fingerprint density at radius 2 is 1.78 bits per heavy atom. The Morgan fingerprint density at radius 3 is 2.59 bits per heavy atom. The number of ether oxygens (including phenoxy) is 3. The highest BCUT2D eigenvalue weighted by atomic mass is 16.7. The van der Waals surface area contributed by atoms with Crippen molar-refractivity contribution in [3.05, 3.63) is 71.2 Å². The lowest BCUT2D eigenvalue weighted by molar-refractivity contribution is -0.122. The van der Waals surface area contributed by atoms with Gasteiger partial charge in [0.25, 0.3) is 5.91 Å². The van der Waals surface area contributed by atoms with Gasteiger partial charge in [0.15, 0.2) is 17.3 Å². The summed E-state index contributed by atoms with van der Waals surface area (Å²) < 4.78 is 22.8. The van der Waals surface area contributed by atoms with Crippen molar-refractivity contribution < 1.29 is 28.2 Å². The van der Waals surface area contributed by atoms with E-state index in [0.717, 1.165) is 16.8 Å². The molecule has 1 aromatic heterocycles. The summed E-state index contributed by atoms with van der Waals surface area (Å²) in [6.45, 7) is 0.548. The minimum atomic E-state index is -0.970. The smallest absolute Gasteiger partial charge is 0.289 e. The molecule has 162 valence electrons. The SMILES string of the molecule is CN(C)C(=O)c1ccc(CN2C(=O)C3(COc4cc5c(cc43)OCO5)c3ccccc32)o1. The van der Waals surface area contributed by atoms with Crippen molar-refractivity contribution in [2.45, 2.75) is 12.0 Å². The van der Waals surface area contributed by atoms with E-state index in [9.17, 15) is 9.59 Å². The van der Waals surface area contributed by atoms with Crippen LogP contribution in [0.5, 0.6) is 17.2 Å². The van der Waals surface area contributed by atoms with E-state index in [1.165, 1.54) is 4.90 Å². The maximum absolute atomic E-state index is 14.0. The highest BCUT2D eigenvalue weighted by molar-refractivity contribution is 6.11. The number of carbonyl (C=O) groups excluding carboxylic acids is 2. The van der Waals surface area contributed by atoms with Gasteiger partial charge in [0, 0.05) is 31.4 Å². The van der Waals surface area contributed by atoms with Crippen LogP contribution >= 0.6 is 0 Å². The summed E-state index contributed by atoms with van der Waals surface area (Å²) in [4.78, 5) is 29.3. The number of anilines is 1. The van der Waals surface area contributed by atoms with E-state index in [-0.39, 0.29) is 37.5 Å². The molecule has 2 amide bonds. The van der Waals surface area contributed by atoms with Crippen LogP contribution in [-0.4, -0.2) is 44.2 Å². The number of rotatable bonds is 3. The van der Waals surface area contributed by atoms with Crippen LogP contribution in [0.3, 0.4) is 0 Å². The Balaban J connectivity index is 1.42. The molecule has 0 fully saturated rings. The largest absolute Gasteiger partial charge is 0.491 e. The third kappa shape index (κ3) is 2.43. The Kier molecular flexibility index (Phi) is 3.83. The number of hydrogen-bond acceptors (Lipinski definition) is 6. The molecule has 3 aliphatic rings. The summed E-state index contributed by atoms with van der Waals surface area (Å²) >= 11 is 0. The van der Waals surface area contributed by atoms with Crippen LogP contribution in [0.15, 0.2) is 52.9 Å². The predicted octanol–water partition coefficient (Wildman–Crippen LogP) is 2.94. The molecule has 32 heavy (non-hydrogen) atoms. The average molecular weight is 432 g/mol. The van der Waals surface area contributed by atoms with Gasteiger partial charge in [0.2, 0.25) is 12.7 Å². The lowest BCUT2D eigenvalue weighted by atomic mass is 9.77. The molecule has 1 spiro atoms. The Bertz CT molecular complexity index is 1280. The van der Waals surface area contributed by atoms with Gasteiger partial charge >= 0.3 is 0 Å². The van der Waals surface area contributed by atoms with Gasteiger partial charge in [-0.2, -0.15) is 0 Å². The van der Waals surface area contributed by atoms with Crippen LogP contribution in [0.1, 0.15) is 27.4 Å². The van der Waals surface area contributed by atoms with Gasteiger partial charge in [0.1, 0.15) is 23.5 Å². The van der Waals surface area contributed by atoms with Crippen LogP contribution in [0.2, 0.25) is 0 Å². The van der Waals surface area contributed by atoms with E-state index in [1.807, 2.05) is 30.3 Å². The van der Waals surface area contributed by atoms with Gasteiger partial charge in [-0.05, 0) is 29.8 Å². The fourth-order valence-electron chi connectivity index (χ4n) is 4.68. The molecule has 8 nitrogen and oxygen atoms in total. The van der Waals surface area contributed by atoms with Gasteiger partial charge in [-0.25, -0.2) is 0 Å². The fourth-order valence-corrected chi connectivity index (χ4v) is 4.68. The number of carbonyl (C=O) groups is 2. The number of para-hydroxylation sites is 1. The van der Waals surface area contributed by atoms with Crippen molar-refractivity contribution in [3.63, 3.8) is 0 Å². The highest BCUT2D eigenvalue weighted by Crippen LogP contribution is 2.55. The van der Waals surface area contributed by atoms with E-state index in [0.29, 0.717) is 23.0 Å². The molecule has 1 unspecified atom stereocenters. The number of hydrogen-bond donors (Lipinski definition) is 0. The number of furan rings is 1. The summed E-state index contributed by atoms with van der Waals surface area (Å²) in [6, 6.07) is 14.7. The van der Waals surface area contributed by atoms with Crippen LogP contribution in [0, 0.1) is 0 Å². The van der Waals surface area contributed by atoms with Gasteiger partial charge < -0.3 is 28.4 Å². The molecule has 3 aliphatic heterocycles. The second-order valence-electron chi connectivity index (χ2n) is 8.27. The minimum Gasteiger partial charge on any atom is -0.491 e. The first-order valence-electron chi connectivity index (χ1n) is 10.3. The Labute approximate surface area is 183 Å². The van der Waals surface area contributed by atoms with Gasteiger partial charge in [0.05, 0.1) is 6.54 Å². The molecule has 0 bridgehead atoms. The monoisotopic (exact) mass is 432 g/mol. The van der Waals surface area contributed by atoms with Gasteiger partial charge in [-0.1, -0.05) is 18.2 Å². The number of fused-ring (bicyclic) bond motifs is 5. The van der Waals surface area contributed by atoms with E-state index in [4.69, 9.17) is 18.6 Å². The molecule has 1 atom stereocenters. The first kappa shape index (κ1) is 18.8. The standard InChI is InChI=1S/C24H20N2O6/c1-25(2)22(27)18-8-7-14(32-18)11-26-17-6-4-3-5-15(17)24(23(26)28)12-29-19-10-21-20(9-16(19)24)30-13-31-21/h3-10H,11-13H2,1-2H3. The zero-order chi connectivity index (χ0) is 22.0. The van der Waals surface area contributed by atoms with Crippen LogP contribution in [-0.2, 0) is 16.8 Å². The van der Waals surface area contributed by atoms with E-state index >= 15 is 0 Å². The van der Waals surface area contributed by atoms with Gasteiger partial charge in [-0.3, -0.25) is 9.59 Å². The van der Waals surface area contributed by atoms with E-state index < -0.39 is 5.41 Å². The molecular weight excluding hydrogens is 412 g/mol. The lowest BCUT2D eigenvalue weighted by Crippen LogP contribution is -2.42. The quantitative estimate of drug-likeness (QED) is 0.633. The maximum Gasteiger partial charge on any atom is 0.289 e. The summed E-state index contributed by atoms with van der Waals surface area (Å²) in [5.74, 6) is 2.28. The first-order valence-corrected chi connectivity index (χ1v) is 10.3. The second-order valence-corrected chi connectivity index (χ2v) is 8.27. The molecule has 0 aliphatic carbocycles. The van der Waals surface area contributed by atoms with E-state index in [1.54, 1.807) is 37.2 Å². The minimum absolute atomic E-state index is 0.104. The summed E-state index contributed by atoms with van der Waals surface area (Å²) in [5, 5.41) is 0. The Hall–Kier alpha value is -3.94. The number of nitrogens with zero attached hydrogens (tertiary/aromatic N) is 2. The molecule has 0 saturated heterocycles. The summed E-state index contributed by atoms with van der Waals surface area (Å²) in [7, 11) is 3.33. The second kappa shape index (κ2) is 6.53. The average Bonchev–Trinajstić information content (AvgIpc) is 3.56. The van der Waals surface area contributed by atoms with Crippen LogP contribution in [0.25, 0.3) is 0 Å². The zero-order valence-corrected chi connectivity index (χ0v) is 17.6. The Morgan fingerprint density at radius 1 is 1.00 bits per heavy atom. The summed E-state index contributed by atoms with van der Waals surface area (Å²) in [6.07, 6.45) is 0. The van der Waals surface area contributed by atoms with E-state index in [2.05, 4.69) is 0 Å². The van der Waals surface area contributed by atoms with Crippen molar-refractivity contribution in [2.24, 2.45) is 0 Å². The fraction of sp³-hybridized carbons (Fsp3) is 0.250. The van der Waals surface area contributed by atoms with Crippen molar-refractivity contribution in [2.75, 3.05) is 32.4 Å². The molecule has 2 aromatic carbocycles. The maximum atomic E-state index is 14.0. The van der Waals surface area contributed by atoms with Crippen molar-refractivity contribution in [3.8, 4) is 17.2 Å². The molecule has 0 saturated carbocycles. The molecule has 4 heterocycles. The predicted molar refractivity (Wildman–Crippen MR) is 113 cm³/mol. The summed E-state index contributed by atoms with van der Waals surface area (Å²) in [5.41, 5.74) is 1.47. The molecule has 8 heteroatoms. The van der Waals surface area contributed by atoms with Crippen LogP contribution in [0.4, 0.5) is 5.69 Å². The third-order valence-corrected chi connectivity index (χ3v) is 6.24. The third-order valence-electron chi connectivity index (χ3n) is 6.24.